The molecule has 0 saturated carbocycles. The Morgan fingerprint density at radius 2 is 0.500 bits per heavy atom. The Hall–Kier alpha value is -4.82. The molecule has 0 atom stereocenters. The normalized spacial score (nSPS) is 10.5. The molecule has 0 fully saturated rings. The summed E-state index contributed by atoms with van der Waals surface area (Å²) in [7, 11) is 0. The van der Waals surface area contributed by atoms with Crippen molar-refractivity contribution >= 4 is 0 Å². The van der Waals surface area contributed by atoms with Gasteiger partial charge in [-0.25, -0.2) is 0 Å². The monoisotopic (exact) mass is 518 g/mol. The van der Waals surface area contributed by atoms with Gasteiger partial charge in [-0.2, -0.15) is 0 Å². The van der Waals surface area contributed by atoms with Gasteiger partial charge in [-0.1, -0.05) is 120 Å². The van der Waals surface area contributed by atoms with E-state index in [1.165, 1.54) is 44.5 Å². The minimum absolute atomic E-state index is 1.04. The summed E-state index contributed by atoms with van der Waals surface area (Å²) >= 11 is 0. The van der Waals surface area contributed by atoms with E-state index in [1.54, 1.807) is 0 Å². The molecule has 0 saturated heterocycles. The fraction of sp³-hybridized carbons (Fsp3) is 0.105. The molecule has 0 N–H and O–H groups in total. The van der Waals surface area contributed by atoms with Gasteiger partial charge >= 0.3 is 0 Å². The fourth-order valence-corrected chi connectivity index (χ4v) is 4.48. The maximum absolute atomic E-state index is 4.34. The molecule has 6 rings (SSSR count). The molecule has 2 nitrogen and oxygen atoms in total. The zero-order valence-electron chi connectivity index (χ0n) is 23.6. The number of rotatable bonds is 4. The smallest absolute Gasteiger partial charge is 0.0373 e. The van der Waals surface area contributed by atoms with Gasteiger partial charge in [-0.05, 0) is 73.2 Å². The number of nitrogens with zero attached hydrogens (tertiary/aromatic N) is 2. The topological polar surface area (TPSA) is 25.8 Å². The molecule has 0 spiro atoms. The molecular formula is C38H34N2. The first-order valence-corrected chi connectivity index (χ1v) is 13.6. The lowest BCUT2D eigenvalue weighted by atomic mass is 9.99. The van der Waals surface area contributed by atoms with Crippen LogP contribution in [0, 0.1) is 27.7 Å². The highest BCUT2D eigenvalue weighted by Gasteiger charge is 2.02. The molecule has 0 amide bonds. The predicted molar refractivity (Wildman–Crippen MR) is 169 cm³/mol. The second kappa shape index (κ2) is 12.4. The molecule has 0 aliphatic carbocycles. The average molecular weight is 519 g/mol. The van der Waals surface area contributed by atoms with Crippen molar-refractivity contribution in [3.63, 3.8) is 0 Å². The summed E-state index contributed by atoms with van der Waals surface area (Å²) in [5.74, 6) is 0. The van der Waals surface area contributed by atoms with Crippen molar-refractivity contribution in [2.24, 2.45) is 0 Å². The van der Waals surface area contributed by atoms with Crippen LogP contribution in [0.5, 0.6) is 0 Å². The molecule has 40 heavy (non-hydrogen) atoms. The number of hydrogen-bond acceptors (Lipinski definition) is 2. The van der Waals surface area contributed by atoms with Gasteiger partial charge in [0.2, 0.25) is 0 Å². The van der Waals surface area contributed by atoms with Crippen molar-refractivity contribution in [2.75, 3.05) is 0 Å². The Bertz CT molecular complexity index is 1390. The summed E-state index contributed by atoms with van der Waals surface area (Å²) in [6.07, 6.45) is 3.83. The van der Waals surface area contributed by atoms with E-state index in [0.29, 0.717) is 0 Å². The lowest BCUT2D eigenvalue weighted by molar-refractivity contribution is 1.20. The van der Waals surface area contributed by atoms with Crippen LogP contribution in [-0.4, -0.2) is 9.97 Å². The van der Waals surface area contributed by atoms with Crippen LogP contribution < -0.4 is 0 Å². The summed E-state index contributed by atoms with van der Waals surface area (Å²) in [6, 6.07) is 42.9. The van der Waals surface area contributed by atoms with Gasteiger partial charge in [0.15, 0.2) is 0 Å². The maximum atomic E-state index is 4.34. The van der Waals surface area contributed by atoms with E-state index in [0.717, 1.165) is 22.5 Å². The maximum Gasteiger partial charge on any atom is 0.0373 e. The van der Waals surface area contributed by atoms with Gasteiger partial charge < -0.3 is 0 Å². The largest absolute Gasteiger partial charge is 0.261 e. The summed E-state index contributed by atoms with van der Waals surface area (Å²) in [6.45, 7) is 8.23. The second-order valence-electron chi connectivity index (χ2n) is 10.3. The Morgan fingerprint density at radius 1 is 0.275 bits per heavy atom. The Labute approximate surface area is 238 Å². The minimum Gasteiger partial charge on any atom is -0.261 e. The quantitative estimate of drug-likeness (QED) is 0.232. The van der Waals surface area contributed by atoms with E-state index in [1.807, 2.05) is 38.4 Å². The molecule has 0 bridgehead atoms. The van der Waals surface area contributed by atoms with Crippen molar-refractivity contribution in [1.82, 2.24) is 9.97 Å². The minimum atomic E-state index is 1.04. The first kappa shape index (κ1) is 26.8. The fourth-order valence-electron chi connectivity index (χ4n) is 4.48. The van der Waals surface area contributed by atoms with Gasteiger partial charge in [-0.3, -0.25) is 9.97 Å². The zero-order chi connectivity index (χ0) is 27.9. The van der Waals surface area contributed by atoms with E-state index >= 15 is 0 Å². The highest BCUT2D eigenvalue weighted by molar-refractivity contribution is 5.71. The third-order valence-electron chi connectivity index (χ3n) is 7.03. The standard InChI is InChI=1S/C20H18.C18H16N2/c1-15-3-7-17(8-4-15)19-11-13-20(14-12-19)18-9-5-16(2)6-10-18;1-13-3-5-17(11-19-13)15-7-9-16(10-8-15)18-6-4-14(2)20-12-18/h3-14H,1-2H3;3-12H,1-2H3. The number of hydrogen-bond donors (Lipinski definition) is 0. The molecule has 0 aliphatic heterocycles. The van der Waals surface area contributed by atoms with Crippen LogP contribution in [0.3, 0.4) is 0 Å². The van der Waals surface area contributed by atoms with Crippen LogP contribution in [0.4, 0.5) is 0 Å². The van der Waals surface area contributed by atoms with Crippen molar-refractivity contribution < 1.29 is 0 Å². The Balaban J connectivity index is 0.000000161. The molecule has 6 aromatic rings. The first-order valence-electron chi connectivity index (χ1n) is 13.6. The molecule has 196 valence electrons. The molecule has 4 aromatic carbocycles. The lowest BCUT2D eigenvalue weighted by Gasteiger charge is -2.06. The van der Waals surface area contributed by atoms with Crippen molar-refractivity contribution in [1.29, 1.82) is 0 Å². The average Bonchev–Trinajstić information content (AvgIpc) is 2.99. The van der Waals surface area contributed by atoms with Crippen LogP contribution in [0.25, 0.3) is 44.5 Å². The summed E-state index contributed by atoms with van der Waals surface area (Å²) in [5.41, 5.74) is 14.4. The first-order chi connectivity index (χ1) is 19.4. The van der Waals surface area contributed by atoms with E-state index in [2.05, 4.69) is 133 Å². The summed E-state index contributed by atoms with van der Waals surface area (Å²) in [5, 5.41) is 0. The van der Waals surface area contributed by atoms with Crippen LogP contribution in [-0.2, 0) is 0 Å². The summed E-state index contributed by atoms with van der Waals surface area (Å²) < 4.78 is 0. The molecule has 2 aromatic heterocycles. The number of benzene rings is 4. The van der Waals surface area contributed by atoms with Crippen LogP contribution in [0.2, 0.25) is 0 Å². The zero-order valence-corrected chi connectivity index (χ0v) is 23.6. The molecule has 0 aliphatic rings. The molecule has 2 heterocycles. The number of pyridine rings is 2. The van der Waals surface area contributed by atoms with Crippen LogP contribution in [0.15, 0.2) is 134 Å². The Kier molecular flexibility index (Phi) is 8.27. The number of aromatic nitrogens is 2. The third-order valence-corrected chi connectivity index (χ3v) is 7.03. The molecular weight excluding hydrogens is 484 g/mol. The lowest BCUT2D eigenvalue weighted by Crippen LogP contribution is -1.85. The van der Waals surface area contributed by atoms with Crippen molar-refractivity contribution in [2.45, 2.75) is 27.7 Å². The molecule has 0 radical (unpaired) electrons. The van der Waals surface area contributed by atoms with E-state index < -0.39 is 0 Å². The van der Waals surface area contributed by atoms with E-state index in [9.17, 15) is 0 Å². The van der Waals surface area contributed by atoms with Gasteiger partial charge in [0.25, 0.3) is 0 Å². The second-order valence-corrected chi connectivity index (χ2v) is 10.3. The van der Waals surface area contributed by atoms with Gasteiger partial charge in [0.05, 0.1) is 0 Å². The van der Waals surface area contributed by atoms with Crippen LogP contribution in [0.1, 0.15) is 22.5 Å². The van der Waals surface area contributed by atoms with E-state index in [-0.39, 0.29) is 0 Å². The number of aryl methyl sites for hydroxylation is 4. The third kappa shape index (κ3) is 6.78. The molecule has 0 unspecified atom stereocenters. The Morgan fingerprint density at radius 3 is 0.750 bits per heavy atom. The van der Waals surface area contributed by atoms with Gasteiger partial charge in [0.1, 0.15) is 0 Å². The predicted octanol–water partition coefficient (Wildman–Crippen LogP) is 10.1. The van der Waals surface area contributed by atoms with Gasteiger partial charge in [-0.15, -0.1) is 0 Å². The molecule has 2 heteroatoms. The van der Waals surface area contributed by atoms with Crippen molar-refractivity contribution in [3.05, 3.63) is 156 Å². The highest BCUT2D eigenvalue weighted by atomic mass is 14.7. The summed E-state index contributed by atoms with van der Waals surface area (Å²) in [4.78, 5) is 8.67. The van der Waals surface area contributed by atoms with Crippen LogP contribution >= 0.6 is 0 Å². The van der Waals surface area contributed by atoms with Crippen molar-refractivity contribution in [3.8, 4) is 44.5 Å². The SMILES string of the molecule is Cc1ccc(-c2ccc(-c3ccc(C)cc3)cc2)cc1.Cc1ccc(-c2ccc(-c3ccc(C)nc3)cc2)cn1. The van der Waals surface area contributed by atoms with E-state index in [4.69, 9.17) is 0 Å². The highest BCUT2D eigenvalue weighted by Crippen LogP contribution is 2.26. The van der Waals surface area contributed by atoms with Gasteiger partial charge in [0, 0.05) is 34.9 Å².